The van der Waals surface area contributed by atoms with Crippen LogP contribution < -0.4 is 10.6 Å². The minimum Gasteiger partial charge on any atom is -0.350 e. The normalized spacial score (nSPS) is 11.2. The molecule has 0 saturated heterocycles. The molecule has 3 aromatic rings. The molecule has 0 amide bonds. The summed E-state index contributed by atoms with van der Waals surface area (Å²) in [6, 6.07) is 20.9. The molecule has 0 aliphatic carbocycles. The third-order valence-corrected chi connectivity index (χ3v) is 3.83. The van der Waals surface area contributed by atoms with Crippen molar-refractivity contribution in [3.8, 4) is 0 Å². The Kier molecular flexibility index (Phi) is 5.93. The number of hydrogen-bond acceptors (Lipinski definition) is 2. The van der Waals surface area contributed by atoms with Gasteiger partial charge in [0.15, 0.2) is 5.96 Å². The van der Waals surface area contributed by atoms with Crippen LogP contribution in [0.4, 0.5) is 10.1 Å². The molecule has 0 bridgehead atoms. The fourth-order valence-electron chi connectivity index (χ4n) is 2.38. The highest BCUT2D eigenvalue weighted by atomic mass is 19.1. The van der Waals surface area contributed by atoms with Crippen LogP contribution in [0.25, 0.3) is 0 Å². The lowest BCUT2D eigenvalue weighted by atomic mass is 10.1. The number of nitrogens with zero attached hydrogens (tertiary/aromatic N) is 2. The molecule has 0 fully saturated rings. The molecule has 132 valence electrons. The number of rotatable bonds is 5. The number of aliphatic imine (C=N–C) groups is 1. The van der Waals surface area contributed by atoms with Crippen LogP contribution in [0.1, 0.15) is 16.8 Å². The maximum Gasteiger partial charge on any atom is 0.196 e. The topological polar surface area (TPSA) is 49.3 Å². The second-order valence-corrected chi connectivity index (χ2v) is 5.93. The molecule has 2 aromatic carbocycles. The van der Waals surface area contributed by atoms with Crippen molar-refractivity contribution in [2.45, 2.75) is 20.0 Å². The van der Waals surface area contributed by atoms with Crippen molar-refractivity contribution in [2.24, 2.45) is 4.99 Å². The molecule has 0 radical (unpaired) electrons. The second kappa shape index (κ2) is 8.76. The quantitative estimate of drug-likeness (QED) is 0.534. The van der Waals surface area contributed by atoms with Gasteiger partial charge in [-0.1, -0.05) is 48.0 Å². The summed E-state index contributed by atoms with van der Waals surface area (Å²) >= 11 is 0. The van der Waals surface area contributed by atoms with Gasteiger partial charge in [0.1, 0.15) is 5.82 Å². The van der Waals surface area contributed by atoms with Gasteiger partial charge in [0.25, 0.3) is 0 Å². The predicted molar refractivity (Wildman–Crippen MR) is 103 cm³/mol. The van der Waals surface area contributed by atoms with E-state index in [2.05, 4.69) is 51.8 Å². The van der Waals surface area contributed by atoms with Crippen molar-refractivity contribution in [1.82, 2.24) is 10.3 Å². The van der Waals surface area contributed by atoms with Gasteiger partial charge in [0.2, 0.25) is 0 Å². The van der Waals surface area contributed by atoms with Gasteiger partial charge in [-0.05, 0) is 36.8 Å². The van der Waals surface area contributed by atoms with Crippen LogP contribution in [-0.2, 0) is 13.1 Å². The molecule has 1 heterocycles. The van der Waals surface area contributed by atoms with E-state index in [4.69, 9.17) is 0 Å². The largest absolute Gasteiger partial charge is 0.350 e. The van der Waals surface area contributed by atoms with E-state index in [0.717, 1.165) is 11.3 Å². The van der Waals surface area contributed by atoms with Gasteiger partial charge < -0.3 is 10.6 Å². The van der Waals surface area contributed by atoms with Crippen LogP contribution in [0.15, 0.2) is 77.9 Å². The number of pyridine rings is 1. The first kappa shape index (κ1) is 17.6. The van der Waals surface area contributed by atoms with Crippen molar-refractivity contribution >= 4 is 11.6 Å². The summed E-state index contributed by atoms with van der Waals surface area (Å²) in [7, 11) is 0. The molecule has 26 heavy (non-hydrogen) atoms. The number of halogens is 1. The standard InChI is InChI=1S/C21H21FN4/c1-16-9-11-17(12-10-16)14-24-21(26-18-6-3-2-4-7-18)25-15-20-19(22)8-5-13-23-20/h2-13H,14-15H2,1H3,(H2,24,25,26). The fraction of sp³-hybridized carbons (Fsp3) is 0.143. The Hall–Kier alpha value is -3.21. The number of para-hydroxylation sites is 1. The van der Waals surface area contributed by atoms with E-state index < -0.39 is 0 Å². The molecule has 5 heteroatoms. The van der Waals surface area contributed by atoms with Gasteiger partial charge in [0, 0.05) is 11.9 Å². The number of guanidine groups is 1. The second-order valence-electron chi connectivity index (χ2n) is 5.93. The van der Waals surface area contributed by atoms with Crippen LogP contribution in [0.2, 0.25) is 0 Å². The Balaban J connectivity index is 1.73. The summed E-state index contributed by atoms with van der Waals surface area (Å²) in [5.41, 5.74) is 3.58. The lowest BCUT2D eigenvalue weighted by Crippen LogP contribution is -2.31. The summed E-state index contributed by atoms with van der Waals surface area (Å²) in [5.74, 6) is 0.236. The number of nitrogens with one attached hydrogen (secondary N) is 2. The number of aryl methyl sites for hydroxylation is 1. The lowest BCUT2D eigenvalue weighted by Gasteiger charge is -2.13. The highest BCUT2D eigenvalue weighted by Gasteiger charge is 2.05. The van der Waals surface area contributed by atoms with E-state index in [1.165, 1.54) is 11.6 Å². The number of hydrogen-bond donors (Lipinski definition) is 2. The van der Waals surface area contributed by atoms with E-state index in [9.17, 15) is 4.39 Å². The van der Waals surface area contributed by atoms with Crippen molar-refractivity contribution < 1.29 is 4.39 Å². The minimum atomic E-state index is -0.336. The third kappa shape index (κ3) is 5.14. The Bertz CT molecular complexity index is 861. The molecular weight excluding hydrogens is 327 g/mol. The van der Waals surface area contributed by atoms with E-state index in [1.54, 1.807) is 12.3 Å². The smallest absolute Gasteiger partial charge is 0.196 e. The first-order valence-corrected chi connectivity index (χ1v) is 8.46. The molecule has 3 rings (SSSR count). The van der Waals surface area contributed by atoms with Gasteiger partial charge in [-0.2, -0.15) is 0 Å². The lowest BCUT2D eigenvalue weighted by molar-refractivity contribution is 0.594. The van der Waals surface area contributed by atoms with E-state index >= 15 is 0 Å². The monoisotopic (exact) mass is 348 g/mol. The highest BCUT2D eigenvalue weighted by molar-refractivity contribution is 5.93. The third-order valence-electron chi connectivity index (χ3n) is 3.83. The van der Waals surface area contributed by atoms with Gasteiger partial charge in [-0.25, -0.2) is 9.38 Å². The van der Waals surface area contributed by atoms with Crippen molar-refractivity contribution in [1.29, 1.82) is 0 Å². The molecule has 0 unspecified atom stereocenters. The van der Waals surface area contributed by atoms with Crippen LogP contribution in [-0.4, -0.2) is 10.9 Å². The first-order chi connectivity index (χ1) is 12.7. The van der Waals surface area contributed by atoms with E-state index in [1.807, 2.05) is 30.3 Å². The van der Waals surface area contributed by atoms with Crippen molar-refractivity contribution in [3.63, 3.8) is 0 Å². The first-order valence-electron chi connectivity index (χ1n) is 8.46. The summed E-state index contributed by atoms with van der Waals surface area (Å²) in [6.07, 6.45) is 1.58. The van der Waals surface area contributed by atoms with Crippen LogP contribution in [0.3, 0.4) is 0 Å². The molecule has 4 nitrogen and oxygen atoms in total. The number of aromatic nitrogens is 1. The number of benzene rings is 2. The Morgan fingerprint density at radius 3 is 2.50 bits per heavy atom. The Morgan fingerprint density at radius 1 is 1.00 bits per heavy atom. The zero-order valence-corrected chi connectivity index (χ0v) is 14.6. The molecule has 0 aliphatic heterocycles. The molecule has 0 aliphatic rings. The average molecular weight is 348 g/mol. The summed E-state index contributed by atoms with van der Waals surface area (Å²) in [6.45, 7) is 2.82. The van der Waals surface area contributed by atoms with Gasteiger partial charge in [0.05, 0.1) is 18.8 Å². The van der Waals surface area contributed by atoms with Crippen LogP contribution >= 0.6 is 0 Å². The van der Waals surface area contributed by atoms with Crippen molar-refractivity contribution in [2.75, 3.05) is 5.32 Å². The van der Waals surface area contributed by atoms with Crippen LogP contribution in [0.5, 0.6) is 0 Å². The van der Waals surface area contributed by atoms with Gasteiger partial charge in [-0.15, -0.1) is 0 Å². The van der Waals surface area contributed by atoms with Gasteiger partial charge >= 0.3 is 0 Å². The molecule has 0 saturated carbocycles. The Labute approximate surface area is 152 Å². The maximum atomic E-state index is 13.8. The molecular formula is C21H21FN4. The zero-order chi connectivity index (χ0) is 18.2. The SMILES string of the molecule is Cc1ccc(CN=C(NCc2ncccc2F)Nc2ccccc2)cc1. The molecule has 0 spiro atoms. The minimum absolute atomic E-state index is 0.249. The zero-order valence-electron chi connectivity index (χ0n) is 14.6. The average Bonchev–Trinajstić information content (AvgIpc) is 2.67. The van der Waals surface area contributed by atoms with Crippen LogP contribution in [0, 0.1) is 12.7 Å². The highest BCUT2D eigenvalue weighted by Crippen LogP contribution is 2.08. The Morgan fingerprint density at radius 2 is 1.77 bits per heavy atom. The summed E-state index contributed by atoms with van der Waals surface area (Å²) in [5, 5.41) is 6.38. The summed E-state index contributed by atoms with van der Waals surface area (Å²) < 4.78 is 13.8. The summed E-state index contributed by atoms with van der Waals surface area (Å²) in [4.78, 5) is 8.67. The molecule has 0 atom stereocenters. The predicted octanol–water partition coefficient (Wildman–Crippen LogP) is 4.29. The van der Waals surface area contributed by atoms with Crippen molar-refractivity contribution in [3.05, 3.63) is 95.6 Å². The molecule has 2 N–H and O–H groups in total. The molecule has 1 aromatic heterocycles. The van der Waals surface area contributed by atoms with E-state index in [0.29, 0.717) is 18.2 Å². The maximum absolute atomic E-state index is 13.8. The fourth-order valence-corrected chi connectivity index (χ4v) is 2.38. The van der Waals surface area contributed by atoms with E-state index in [-0.39, 0.29) is 12.4 Å². The van der Waals surface area contributed by atoms with Gasteiger partial charge in [-0.3, -0.25) is 4.98 Å². The number of anilines is 1.